The van der Waals surface area contributed by atoms with Crippen LogP contribution in [0.25, 0.3) is 0 Å². The molecule has 0 unspecified atom stereocenters. The molecule has 0 aromatic carbocycles. The predicted octanol–water partition coefficient (Wildman–Crippen LogP) is -7.62. The minimum atomic E-state index is -2.36. The minimum absolute atomic E-state index is 0. The molecule has 76 valence electrons. The summed E-state index contributed by atoms with van der Waals surface area (Å²) in [5.41, 5.74) is 0. The van der Waals surface area contributed by atoms with Gasteiger partial charge >= 0.3 is 51.4 Å². The topological polar surface area (TPSA) is 138 Å². The Labute approximate surface area is 122 Å². The molecule has 8 heteroatoms. The second-order valence-electron chi connectivity index (χ2n) is 2.37. The van der Waals surface area contributed by atoms with Crippen LogP contribution < -0.4 is 56.5 Å². The number of aliphatic hydroxyl groups excluding tert-OH is 4. The number of carbonyl (C=O) groups is 2. The fraction of sp³-hybridized carbons (Fsp3) is 0.667. The monoisotopic (exact) mass is 232 g/mol. The summed E-state index contributed by atoms with van der Waals surface area (Å²) in [5.74, 6) is -2.01. The van der Waals surface area contributed by atoms with Gasteiger partial charge in [-0.1, -0.05) is 0 Å². The minimum Gasteiger partial charge on any atom is -0.547 e. The van der Waals surface area contributed by atoms with E-state index >= 15 is 0 Å². The Bertz CT molecular complexity index is 197. The van der Waals surface area contributed by atoms with E-state index in [2.05, 4.69) is 0 Å². The van der Waals surface area contributed by atoms with E-state index in [1.165, 1.54) is 0 Å². The van der Waals surface area contributed by atoms with Gasteiger partial charge in [0.05, 0.1) is 5.97 Å². The van der Waals surface area contributed by atoms with Crippen molar-refractivity contribution in [2.45, 2.75) is 24.4 Å². The molecule has 0 heterocycles. The molecule has 0 bridgehead atoms. The first-order chi connectivity index (χ1) is 5.91. The van der Waals surface area contributed by atoms with Crippen LogP contribution in [0, 0.1) is 0 Å². The molecule has 0 spiro atoms. The normalized spacial score (nSPS) is 18.6. The molecule has 7 nitrogen and oxygen atoms in total. The largest absolute Gasteiger partial charge is 1.00 e. The molecule has 0 saturated heterocycles. The number of aldehydes is 1. The Morgan fingerprint density at radius 2 is 1.57 bits per heavy atom. The van der Waals surface area contributed by atoms with Crippen molar-refractivity contribution in [3.63, 3.8) is 0 Å². The van der Waals surface area contributed by atoms with E-state index in [4.69, 9.17) is 20.4 Å². The molecule has 0 saturated carbocycles. The molecule has 4 N–H and O–H groups in total. The molecule has 0 aliphatic rings. The summed E-state index contributed by atoms with van der Waals surface area (Å²) >= 11 is 0. The second-order valence-corrected chi connectivity index (χ2v) is 2.37. The number of carbonyl (C=O) groups excluding carboxylic acids is 2. The molecule has 0 aromatic rings. The summed E-state index contributed by atoms with van der Waals surface area (Å²) < 4.78 is 0. The van der Waals surface area contributed by atoms with Gasteiger partial charge in [-0.3, -0.25) is 0 Å². The number of aliphatic carboxylic acids is 1. The maximum absolute atomic E-state index is 9.95. The molecular weight excluding hydrogens is 223 g/mol. The van der Waals surface area contributed by atoms with Crippen LogP contribution in [0.15, 0.2) is 0 Å². The SMILES string of the molecule is O=C[C@H](O)[C@@H](O)[C@H](O)[C@H](O)C(=O)[O-].[K+]. The van der Waals surface area contributed by atoms with Crippen molar-refractivity contribution in [3.8, 4) is 0 Å². The van der Waals surface area contributed by atoms with Gasteiger partial charge in [-0.15, -0.1) is 0 Å². The third kappa shape index (κ3) is 4.91. The maximum atomic E-state index is 9.95. The van der Waals surface area contributed by atoms with E-state index < -0.39 is 30.4 Å². The van der Waals surface area contributed by atoms with Crippen LogP contribution in [0.1, 0.15) is 0 Å². The molecule has 0 fully saturated rings. The van der Waals surface area contributed by atoms with Gasteiger partial charge in [-0.05, 0) is 0 Å². The van der Waals surface area contributed by atoms with E-state index in [9.17, 15) is 14.7 Å². The van der Waals surface area contributed by atoms with Crippen LogP contribution in [0.3, 0.4) is 0 Å². The molecule has 0 aliphatic heterocycles. The Morgan fingerprint density at radius 3 is 1.86 bits per heavy atom. The van der Waals surface area contributed by atoms with E-state index in [1.807, 2.05) is 0 Å². The van der Waals surface area contributed by atoms with Gasteiger partial charge in [0, 0.05) is 0 Å². The van der Waals surface area contributed by atoms with Crippen molar-refractivity contribution in [1.82, 2.24) is 0 Å². The Morgan fingerprint density at radius 1 is 1.14 bits per heavy atom. The number of rotatable bonds is 5. The zero-order valence-electron chi connectivity index (χ0n) is 7.40. The summed E-state index contributed by atoms with van der Waals surface area (Å²) in [7, 11) is 0. The summed E-state index contributed by atoms with van der Waals surface area (Å²) in [6.45, 7) is 0. The van der Waals surface area contributed by atoms with Gasteiger partial charge in [0.1, 0.15) is 24.4 Å². The van der Waals surface area contributed by atoms with Gasteiger partial charge in [-0.2, -0.15) is 0 Å². The van der Waals surface area contributed by atoms with E-state index in [0.29, 0.717) is 0 Å². The molecule has 0 aromatic heterocycles. The van der Waals surface area contributed by atoms with Gasteiger partial charge in [0.2, 0.25) is 0 Å². The van der Waals surface area contributed by atoms with Crippen LogP contribution in [-0.2, 0) is 9.59 Å². The van der Waals surface area contributed by atoms with Gasteiger partial charge < -0.3 is 35.1 Å². The number of carboxylic acid groups (broad SMARTS) is 1. The van der Waals surface area contributed by atoms with Gasteiger partial charge in [0.25, 0.3) is 0 Å². The average Bonchev–Trinajstić information content (AvgIpc) is 2.12. The summed E-state index contributed by atoms with van der Waals surface area (Å²) in [4.78, 5) is 19.8. The molecule has 0 radical (unpaired) electrons. The zero-order chi connectivity index (χ0) is 10.6. The Kier molecular flexibility index (Phi) is 9.55. The summed E-state index contributed by atoms with van der Waals surface area (Å²) in [5, 5.41) is 44.8. The van der Waals surface area contributed by atoms with Crippen molar-refractivity contribution in [1.29, 1.82) is 0 Å². The van der Waals surface area contributed by atoms with Crippen molar-refractivity contribution < 1.29 is 86.5 Å². The molecule has 0 rings (SSSR count). The first kappa shape index (κ1) is 17.0. The van der Waals surface area contributed by atoms with Crippen LogP contribution in [0.4, 0.5) is 0 Å². The van der Waals surface area contributed by atoms with Gasteiger partial charge in [0.15, 0.2) is 6.29 Å². The van der Waals surface area contributed by atoms with Crippen LogP contribution >= 0.6 is 0 Å². The Balaban J connectivity index is 0. The average molecular weight is 232 g/mol. The molecular formula is C6H9KO7. The molecule has 0 amide bonds. The first-order valence-electron chi connectivity index (χ1n) is 3.30. The number of aliphatic hydroxyl groups is 4. The third-order valence-corrected chi connectivity index (χ3v) is 1.40. The van der Waals surface area contributed by atoms with Crippen molar-refractivity contribution >= 4 is 12.3 Å². The van der Waals surface area contributed by atoms with Crippen molar-refractivity contribution in [2.75, 3.05) is 0 Å². The van der Waals surface area contributed by atoms with Crippen molar-refractivity contribution in [3.05, 3.63) is 0 Å². The van der Waals surface area contributed by atoms with Crippen LogP contribution in [0.2, 0.25) is 0 Å². The second kappa shape index (κ2) is 7.85. The molecule has 14 heavy (non-hydrogen) atoms. The first-order valence-corrected chi connectivity index (χ1v) is 3.30. The standard InChI is InChI=1S/C6H10O7.K/c7-1-2(8)3(9)4(10)5(11)6(12)13;/h1-5,8-11H,(H,12,13);/q;+1/p-1/t2-,3+,4-,5-;/m0./s1. The fourth-order valence-electron chi connectivity index (χ4n) is 0.609. The predicted molar refractivity (Wildman–Crippen MR) is 35.1 cm³/mol. The quantitative estimate of drug-likeness (QED) is 0.273. The Hall–Kier alpha value is 0.616. The zero-order valence-corrected chi connectivity index (χ0v) is 10.5. The van der Waals surface area contributed by atoms with Crippen molar-refractivity contribution in [2.24, 2.45) is 0 Å². The van der Waals surface area contributed by atoms with E-state index in [-0.39, 0.29) is 57.7 Å². The number of carboxylic acids is 1. The number of hydrogen-bond donors (Lipinski definition) is 4. The smallest absolute Gasteiger partial charge is 0.547 e. The summed E-state index contributed by atoms with van der Waals surface area (Å²) in [6.07, 6.45) is -8.65. The third-order valence-electron chi connectivity index (χ3n) is 1.40. The maximum Gasteiger partial charge on any atom is 1.00 e. The molecule has 0 aliphatic carbocycles. The van der Waals surface area contributed by atoms with Crippen LogP contribution in [0.5, 0.6) is 0 Å². The van der Waals surface area contributed by atoms with Gasteiger partial charge in [-0.25, -0.2) is 0 Å². The number of hydrogen-bond acceptors (Lipinski definition) is 7. The molecule has 4 atom stereocenters. The van der Waals surface area contributed by atoms with E-state index in [1.54, 1.807) is 0 Å². The van der Waals surface area contributed by atoms with Crippen LogP contribution in [-0.4, -0.2) is 57.1 Å². The fourth-order valence-corrected chi connectivity index (χ4v) is 0.609. The summed E-state index contributed by atoms with van der Waals surface area (Å²) in [6, 6.07) is 0. The van der Waals surface area contributed by atoms with E-state index in [0.717, 1.165) is 0 Å².